The Bertz CT molecular complexity index is 397. The van der Waals surface area contributed by atoms with Gasteiger partial charge in [0.05, 0.1) is 0 Å². The maximum Gasteiger partial charge on any atom is 0.0479 e. The molecule has 0 saturated heterocycles. The highest BCUT2D eigenvalue weighted by molar-refractivity contribution is 7.10. The maximum absolute atomic E-state index is 3.85. The van der Waals surface area contributed by atoms with Gasteiger partial charge in [0.25, 0.3) is 0 Å². The number of hydrogen-bond donors (Lipinski definition) is 1. The Morgan fingerprint density at radius 1 is 1.40 bits per heavy atom. The SMILES string of the molecule is c1cc2c(s1)CCNC21CC2CCCC21. The molecule has 1 aromatic heterocycles. The molecule has 1 nitrogen and oxygen atoms in total. The molecule has 4 rings (SSSR count). The zero-order valence-corrected chi connectivity index (χ0v) is 9.78. The van der Waals surface area contributed by atoms with Gasteiger partial charge in [-0.25, -0.2) is 0 Å². The highest BCUT2D eigenvalue weighted by atomic mass is 32.1. The van der Waals surface area contributed by atoms with Crippen molar-refractivity contribution in [2.75, 3.05) is 6.54 Å². The zero-order valence-electron chi connectivity index (χ0n) is 8.96. The van der Waals surface area contributed by atoms with Crippen LogP contribution in [0.3, 0.4) is 0 Å². The van der Waals surface area contributed by atoms with E-state index < -0.39 is 0 Å². The quantitative estimate of drug-likeness (QED) is 0.707. The highest BCUT2D eigenvalue weighted by Gasteiger charge is 2.57. The Morgan fingerprint density at radius 2 is 2.40 bits per heavy atom. The molecule has 2 heterocycles. The van der Waals surface area contributed by atoms with Crippen LogP contribution in [0.1, 0.15) is 36.1 Å². The molecule has 2 saturated carbocycles. The van der Waals surface area contributed by atoms with Crippen LogP contribution >= 0.6 is 11.3 Å². The minimum absolute atomic E-state index is 0.425. The van der Waals surface area contributed by atoms with Crippen LogP contribution in [0.15, 0.2) is 11.4 Å². The first-order chi connectivity index (χ1) is 7.40. The molecule has 1 spiro atoms. The number of rotatable bonds is 0. The summed E-state index contributed by atoms with van der Waals surface area (Å²) in [5.41, 5.74) is 2.09. The van der Waals surface area contributed by atoms with E-state index >= 15 is 0 Å². The van der Waals surface area contributed by atoms with Crippen molar-refractivity contribution in [3.8, 4) is 0 Å². The van der Waals surface area contributed by atoms with Gasteiger partial charge in [-0.2, -0.15) is 0 Å². The molecule has 3 unspecified atom stereocenters. The molecule has 1 aliphatic heterocycles. The molecule has 0 aromatic carbocycles. The Hall–Kier alpha value is -0.340. The Morgan fingerprint density at radius 3 is 3.33 bits per heavy atom. The van der Waals surface area contributed by atoms with Gasteiger partial charge in [-0.1, -0.05) is 12.8 Å². The fourth-order valence-electron chi connectivity index (χ4n) is 4.27. The lowest BCUT2D eigenvalue weighted by Gasteiger charge is -2.55. The van der Waals surface area contributed by atoms with Gasteiger partial charge in [-0.15, -0.1) is 11.3 Å². The summed E-state index contributed by atoms with van der Waals surface area (Å²) in [6, 6.07) is 2.39. The van der Waals surface area contributed by atoms with E-state index in [1.807, 2.05) is 11.3 Å². The molecular formula is C13H17NS. The molecule has 0 amide bonds. The second kappa shape index (κ2) is 2.86. The van der Waals surface area contributed by atoms with Crippen molar-refractivity contribution in [2.45, 2.75) is 37.6 Å². The van der Waals surface area contributed by atoms with E-state index in [2.05, 4.69) is 16.8 Å². The average molecular weight is 219 g/mol. The normalized spacial score (nSPS) is 42.4. The Balaban J connectivity index is 1.80. The van der Waals surface area contributed by atoms with Crippen molar-refractivity contribution in [2.24, 2.45) is 11.8 Å². The molecular weight excluding hydrogens is 202 g/mol. The second-order valence-electron chi connectivity index (χ2n) is 5.41. The van der Waals surface area contributed by atoms with Crippen LogP contribution in [0, 0.1) is 11.8 Å². The summed E-state index contributed by atoms with van der Waals surface area (Å²) in [6.45, 7) is 1.21. The number of hydrogen-bond acceptors (Lipinski definition) is 2. The molecule has 3 aliphatic rings. The van der Waals surface area contributed by atoms with E-state index in [-0.39, 0.29) is 0 Å². The lowest BCUT2D eigenvalue weighted by molar-refractivity contribution is 0.0201. The lowest BCUT2D eigenvalue weighted by atomic mass is 9.57. The van der Waals surface area contributed by atoms with Gasteiger partial charge in [0, 0.05) is 17.0 Å². The van der Waals surface area contributed by atoms with E-state index in [9.17, 15) is 0 Å². The smallest absolute Gasteiger partial charge is 0.0479 e. The van der Waals surface area contributed by atoms with Crippen LogP contribution in [0.25, 0.3) is 0 Å². The monoisotopic (exact) mass is 219 g/mol. The fraction of sp³-hybridized carbons (Fsp3) is 0.692. The molecule has 1 N–H and O–H groups in total. The van der Waals surface area contributed by atoms with Crippen LogP contribution in [0.4, 0.5) is 0 Å². The van der Waals surface area contributed by atoms with Crippen LogP contribution in [-0.4, -0.2) is 6.54 Å². The minimum Gasteiger partial charge on any atom is -0.307 e. The lowest BCUT2D eigenvalue weighted by Crippen LogP contribution is -2.60. The van der Waals surface area contributed by atoms with E-state index in [1.165, 1.54) is 38.6 Å². The maximum atomic E-state index is 3.85. The van der Waals surface area contributed by atoms with Crippen molar-refractivity contribution in [1.82, 2.24) is 5.32 Å². The van der Waals surface area contributed by atoms with Crippen LogP contribution in [-0.2, 0) is 12.0 Å². The van der Waals surface area contributed by atoms with Crippen LogP contribution in [0.2, 0.25) is 0 Å². The molecule has 2 aliphatic carbocycles. The molecule has 0 radical (unpaired) electrons. The third-order valence-corrected chi connectivity index (χ3v) is 5.88. The molecule has 1 aromatic rings. The summed E-state index contributed by atoms with van der Waals surface area (Å²) >= 11 is 1.97. The predicted octanol–water partition coefficient (Wildman–Crippen LogP) is 2.91. The number of nitrogens with one attached hydrogen (secondary N) is 1. The average Bonchev–Trinajstić information content (AvgIpc) is 2.82. The van der Waals surface area contributed by atoms with E-state index in [4.69, 9.17) is 0 Å². The minimum atomic E-state index is 0.425. The third kappa shape index (κ3) is 0.974. The van der Waals surface area contributed by atoms with Gasteiger partial charge in [-0.05, 0) is 48.1 Å². The topological polar surface area (TPSA) is 12.0 Å². The summed E-state index contributed by atoms with van der Waals surface area (Å²) in [7, 11) is 0. The van der Waals surface area contributed by atoms with Crippen LogP contribution in [0.5, 0.6) is 0 Å². The van der Waals surface area contributed by atoms with Crippen molar-refractivity contribution in [1.29, 1.82) is 0 Å². The summed E-state index contributed by atoms with van der Waals surface area (Å²) in [5.74, 6) is 2.01. The Labute approximate surface area is 94.9 Å². The first kappa shape index (κ1) is 8.77. The molecule has 3 atom stereocenters. The van der Waals surface area contributed by atoms with Crippen molar-refractivity contribution < 1.29 is 0 Å². The molecule has 80 valence electrons. The van der Waals surface area contributed by atoms with E-state index in [0.717, 1.165) is 11.8 Å². The standard InChI is InChI=1S/C13H17NS/c1-2-9-8-13(10(9)3-1)11-5-7-15-12(11)4-6-14-13/h5,7,9-10,14H,1-4,6,8H2. The predicted molar refractivity (Wildman–Crippen MR) is 63.2 cm³/mol. The summed E-state index contributed by atoms with van der Waals surface area (Å²) in [6.07, 6.45) is 7.10. The van der Waals surface area contributed by atoms with Gasteiger partial charge in [-0.3, -0.25) is 0 Å². The second-order valence-corrected chi connectivity index (χ2v) is 6.41. The van der Waals surface area contributed by atoms with E-state index in [1.54, 1.807) is 10.4 Å². The summed E-state index contributed by atoms with van der Waals surface area (Å²) in [4.78, 5) is 1.67. The molecule has 0 bridgehead atoms. The number of fused-ring (bicyclic) bond motifs is 4. The third-order valence-electron chi connectivity index (χ3n) is 4.89. The largest absolute Gasteiger partial charge is 0.307 e. The Kier molecular flexibility index (Phi) is 1.67. The summed E-state index contributed by atoms with van der Waals surface area (Å²) < 4.78 is 0. The molecule has 2 heteroatoms. The van der Waals surface area contributed by atoms with Crippen molar-refractivity contribution in [3.05, 3.63) is 21.9 Å². The first-order valence-corrected chi connectivity index (χ1v) is 7.10. The first-order valence-electron chi connectivity index (χ1n) is 6.22. The van der Waals surface area contributed by atoms with Crippen LogP contribution < -0.4 is 5.32 Å². The molecule has 15 heavy (non-hydrogen) atoms. The fourth-order valence-corrected chi connectivity index (χ4v) is 5.24. The highest BCUT2D eigenvalue weighted by Crippen LogP contribution is 2.60. The molecule has 2 fully saturated rings. The summed E-state index contributed by atoms with van der Waals surface area (Å²) in [5, 5.41) is 6.15. The van der Waals surface area contributed by atoms with Gasteiger partial charge in [0.15, 0.2) is 0 Å². The number of thiophene rings is 1. The van der Waals surface area contributed by atoms with Gasteiger partial charge < -0.3 is 5.32 Å². The van der Waals surface area contributed by atoms with Crippen molar-refractivity contribution in [3.63, 3.8) is 0 Å². The van der Waals surface area contributed by atoms with Gasteiger partial charge >= 0.3 is 0 Å². The van der Waals surface area contributed by atoms with E-state index in [0.29, 0.717) is 5.54 Å². The van der Waals surface area contributed by atoms with Crippen molar-refractivity contribution >= 4 is 11.3 Å². The zero-order chi connectivity index (χ0) is 9.88. The van der Waals surface area contributed by atoms with Gasteiger partial charge in [0.2, 0.25) is 0 Å². The van der Waals surface area contributed by atoms with Gasteiger partial charge in [0.1, 0.15) is 0 Å².